The second kappa shape index (κ2) is 6.07. The Morgan fingerprint density at radius 1 is 1.53 bits per heavy atom. The van der Waals surface area contributed by atoms with Crippen LogP contribution in [0.4, 0.5) is 0 Å². The number of ether oxygens (including phenoxy) is 1. The highest BCUT2D eigenvalue weighted by atomic mass is 35.5. The van der Waals surface area contributed by atoms with Gasteiger partial charge < -0.3 is 4.74 Å². The number of rotatable bonds is 6. The Bertz CT molecular complexity index is 530. The number of hydrogen-bond acceptors (Lipinski definition) is 4. The number of unbranched alkanes of at least 4 members (excludes halogenated alkanes) is 1. The first-order valence-electron chi connectivity index (χ1n) is 6.28. The molecule has 0 N–H and O–H groups in total. The highest BCUT2D eigenvalue weighted by molar-refractivity contribution is 7.89. The summed E-state index contributed by atoms with van der Waals surface area (Å²) in [5.74, 6) is 0.570. The van der Waals surface area contributed by atoms with Crippen LogP contribution in [-0.4, -0.2) is 42.7 Å². The molecule has 0 spiro atoms. The lowest BCUT2D eigenvalue weighted by atomic mass is 10.2. The highest BCUT2D eigenvalue weighted by Crippen LogP contribution is 2.25. The average molecular weight is 305 g/mol. The molecule has 1 aromatic rings. The van der Waals surface area contributed by atoms with Crippen molar-refractivity contribution in [3.8, 4) is 5.88 Å². The minimum atomic E-state index is -3.12. The van der Waals surface area contributed by atoms with Gasteiger partial charge in [0.15, 0.2) is 0 Å². The molecular formula is C12H17ClN2O3S. The summed E-state index contributed by atoms with van der Waals surface area (Å²) in [5, 5.41) is 0.440. The van der Waals surface area contributed by atoms with E-state index in [1.54, 1.807) is 18.3 Å². The molecule has 0 bridgehead atoms. The van der Waals surface area contributed by atoms with Gasteiger partial charge in [-0.3, -0.25) is 0 Å². The van der Waals surface area contributed by atoms with Gasteiger partial charge in [0.05, 0.1) is 18.8 Å². The summed E-state index contributed by atoms with van der Waals surface area (Å²) in [5.41, 5.74) is 0. The molecule has 0 radical (unpaired) electrons. The number of halogens is 1. The molecular weight excluding hydrogens is 288 g/mol. The molecule has 0 unspecified atom stereocenters. The lowest BCUT2D eigenvalue weighted by molar-refractivity contribution is 0.0722. The van der Waals surface area contributed by atoms with Crippen molar-refractivity contribution in [1.82, 2.24) is 9.29 Å². The predicted octanol–water partition coefficient (Wildman–Crippen LogP) is 1.93. The SMILES string of the molecule is CCCCS(=O)(=O)N1CC(Oc2ncccc2Cl)C1. The van der Waals surface area contributed by atoms with E-state index in [1.165, 1.54) is 4.31 Å². The Morgan fingerprint density at radius 2 is 2.26 bits per heavy atom. The van der Waals surface area contributed by atoms with E-state index in [2.05, 4.69) is 4.98 Å². The van der Waals surface area contributed by atoms with Crippen molar-refractivity contribution < 1.29 is 13.2 Å². The van der Waals surface area contributed by atoms with Crippen molar-refractivity contribution in [1.29, 1.82) is 0 Å². The van der Waals surface area contributed by atoms with Crippen molar-refractivity contribution in [2.24, 2.45) is 0 Å². The van der Waals surface area contributed by atoms with Crippen LogP contribution in [0.15, 0.2) is 18.3 Å². The van der Waals surface area contributed by atoms with E-state index in [0.29, 0.717) is 30.4 Å². The van der Waals surface area contributed by atoms with Crippen LogP contribution in [0.3, 0.4) is 0 Å². The topological polar surface area (TPSA) is 59.5 Å². The van der Waals surface area contributed by atoms with Gasteiger partial charge in [-0.25, -0.2) is 13.4 Å². The molecule has 0 saturated carbocycles. The molecule has 1 aliphatic heterocycles. The third-order valence-corrected chi connectivity index (χ3v) is 5.14. The summed E-state index contributed by atoms with van der Waals surface area (Å²) in [6.45, 7) is 2.72. The Kier molecular flexibility index (Phi) is 4.65. The lowest BCUT2D eigenvalue weighted by Gasteiger charge is -2.37. The molecule has 5 nitrogen and oxygen atoms in total. The van der Waals surface area contributed by atoms with Gasteiger partial charge in [0, 0.05) is 6.20 Å². The fourth-order valence-electron chi connectivity index (χ4n) is 1.77. The first kappa shape index (κ1) is 14.6. The van der Waals surface area contributed by atoms with Gasteiger partial charge in [-0.15, -0.1) is 0 Å². The summed E-state index contributed by atoms with van der Waals surface area (Å²) >= 11 is 5.92. The monoisotopic (exact) mass is 304 g/mol. The van der Waals surface area contributed by atoms with E-state index in [0.717, 1.165) is 6.42 Å². The van der Waals surface area contributed by atoms with Crippen LogP contribution in [0.5, 0.6) is 5.88 Å². The normalized spacial score (nSPS) is 17.2. The fraction of sp³-hybridized carbons (Fsp3) is 0.583. The lowest BCUT2D eigenvalue weighted by Crippen LogP contribution is -2.56. The Labute approximate surface area is 118 Å². The van der Waals surface area contributed by atoms with E-state index in [-0.39, 0.29) is 11.9 Å². The zero-order valence-corrected chi connectivity index (χ0v) is 12.3. The third-order valence-electron chi connectivity index (χ3n) is 2.97. The van der Waals surface area contributed by atoms with Gasteiger partial charge in [0.2, 0.25) is 15.9 Å². The summed E-state index contributed by atoms with van der Waals surface area (Å²) in [4.78, 5) is 4.01. The zero-order chi connectivity index (χ0) is 13.9. The molecule has 1 aliphatic rings. The van der Waals surface area contributed by atoms with Gasteiger partial charge >= 0.3 is 0 Å². The first-order chi connectivity index (χ1) is 9.03. The molecule has 2 heterocycles. The number of sulfonamides is 1. The molecule has 0 atom stereocenters. The zero-order valence-electron chi connectivity index (χ0n) is 10.8. The van der Waals surface area contributed by atoms with Gasteiger partial charge in [-0.1, -0.05) is 24.9 Å². The van der Waals surface area contributed by atoms with E-state index in [4.69, 9.17) is 16.3 Å². The van der Waals surface area contributed by atoms with Crippen molar-refractivity contribution in [3.63, 3.8) is 0 Å². The summed E-state index contributed by atoms with van der Waals surface area (Å²) in [6.07, 6.45) is 2.99. The van der Waals surface area contributed by atoms with Gasteiger partial charge in [-0.2, -0.15) is 4.31 Å². The van der Waals surface area contributed by atoms with E-state index < -0.39 is 10.0 Å². The van der Waals surface area contributed by atoms with Crippen LogP contribution in [0.25, 0.3) is 0 Å². The van der Waals surface area contributed by atoms with Crippen LogP contribution >= 0.6 is 11.6 Å². The molecule has 1 fully saturated rings. The van der Waals surface area contributed by atoms with E-state index in [1.807, 2.05) is 6.92 Å². The number of aromatic nitrogens is 1. The van der Waals surface area contributed by atoms with Crippen molar-refractivity contribution >= 4 is 21.6 Å². The van der Waals surface area contributed by atoms with Crippen LogP contribution in [0.1, 0.15) is 19.8 Å². The Morgan fingerprint density at radius 3 is 2.89 bits per heavy atom. The maximum Gasteiger partial charge on any atom is 0.232 e. The van der Waals surface area contributed by atoms with Crippen LogP contribution in [0, 0.1) is 0 Å². The van der Waals surface area contributed by atoms with Gasteiger partial charge in [0.1, 0.15) is 11.1 Å². The summed E-state index contributed by atoms with van der Waals surface area (Å²) in [7, 11) is -3.12. The molecule has 1 aromatic heterocycles. The maximum atomic E-state index is 11.9. The molecule has 0 aliphatic carbocycles. The minimum Gasteiger partial charge on any atom is -0.470 e. The second-order valence-corrected chi connectivity index (χ2v) is 7.01. The quantitative estimate of drug-likeness (QED) is 0.806. The summed E-state index contributed by atoms with van der Waals surface area (Å²) < 4.78 is 30.7. The van der Waals surface area contributed by atoms with E-state index in [9.17, 15) is 8.42 Å². The predicted molar refractivity (Wildman–Crippen MR) is 73.9 cm³/mol. The molecule has 19 heavy (non-hydrogen) atoms. The van der Waals surface area contributed by atoms with Crippen molar-refractivity contribution in [2.45, 2.75) is 25.9 Å². The van der Waals surface area contributed by atoms with E-state index >= 15 is 0 Å². The largest absolute Gasteiger partial charge is 0.470 e. The molecule has 0 amide bonds. The molecule has 1 saturated heterocycles. The second-order valence-electron chi connectivity index (χ2n) is 4.52. The van der Waals surface area contributed by atoms with Crippen LogP contribution in [-0.2, 0) is 10.0 Å². The maximum absolute atomic E-state index is 11.9. The van der Waals surface area contributed by atoms with Crippen molar-refractivity contribution in [3.05, 3.63) is 23.4 Å². The first-order valence-corrected chi connectivity index (χ1v) is 8.26. The average Bonchev–Trinajstić information content (AvgIpc) is 2.32. The number of hydrogen-bond donors (Lipinski definition) is 0. The van der Waals surface area contributed by atoms with Crippen LogP contribution < -0.4 is 4.74 Å². The minimum absolute atomic E-state index is 0.163. The van der Waals surface area contributed by atoms with Crippen molar-refractivity contribution in [2.75, 3.05) is 18.8 Å². The molecule has 106 valence electrons. The molecule has 2 rings (SSSR count). The Hall–Kier alpha value is -0.850. The Balaban J connectivity index is 1.85. The third kappa shape index (κ3) is 3.58. The molecule has 0 aromatic carbocycles. The number of pyridine rings is 1. The van der Waals surface area contributed by atoms with Gasteiger partial charge in [-0.05, 0) is 18.6 Å². The standard InChI is InChI=1S/C12H17ClN2O3S/c1-2-3-7-19(16,17)15-8-10(9-15)18-12-11(13)5-4-6-14-12/h4-6,10H,2-3,7-9H2,1H3. The fourth-order valence-corrected chi connectivity index (χ4v) is 3.64. The van der Waals surface area contributed by atoms with Gasteiger partial charge in [0.25, 0.3) is 0 Å². The number of nitrogens with zero attached hydrogens (tertiary/aromatic N) is 2. The highest BCUT2D eigenvalue weighted by Gasteiger charge is 2.37. The van der Waals surface area contributed by atoms with Crippen LogP contribution in [0.2, 0.25) is 5.02 Å². The smallest absolute Gasteiger partial charge is 0.232 e. The summed E-state index contributed by atoms with van der Waals surface area (Å²) in [6, 6.07) is 3.41. The molecule has 7 heteroatoms.